The molecule has 2 N–H and O–H groups in total. The Bertz CT molecular complexity index is 1340. The lowest BCUT2D eigenvalue weighted by Crippen LogP contribution is -1.99. The number of rotatable bonds is 2. The van der Waals surface area contributed by atoms with Gasteiger partial charge >= 0.3 is 0 Å². The van der Waals surface area contributed by atoms with Crippen molar-refractivity contribution in [2.45, 2.75) is 11.8 Å². The van der Waals surface area contributed by atoms with Crippen molar-refractivity contribution in [1.82, 2.24) is 15.0 Å². The van der Waals surface area contributed by atoms with Gasteiger partial charge in [-0.25, -0.2) is 13.4 Å². The number of nitrogens with one attached hydrogen (secondary N) is 2. The minimum atomic E-state index is -3.39. The van der Waals surface area contributed by atoms with Gasteiger partial charge in [0.15, 0.2) is 0 Å². The molecule has 4 aromatic rings. The molecule has 0 atom stereocenters. The third-order valence-electron chi connectivity index (χ3n) is 4.64. The molecule has 0 bridgehead atoms. The monoisotopic (exact) mass is 362 g/mol. The normalized spacial score (nSPS) is 15.2. The maximum atomic E-state index is 12.5. The second-order valence-electron chi connectivity index (χ2n) is 6.28. The summed E-state index contributed by atoms with van der Waals surface area (Å²) in [6.07, 6.45) is 5.06. The van der Waals surface area contributed by atoms with Crippen molar-refractivity contribution in [2.24, 2.45) is 0 Å². The van der Waals surface area contributed by atoms with Crippen LogP contribution in [0.3, 0.4) is 0 Å². The number of hydrogen-bond donors (Lipinski definition) is 2. The van der Waals surface area contributed by atoms with Crippen LogP contribution in [0, 0.1) is 0 Å². The van der Waals surface area contributed by atoms with E-state index < -0.39 is 9.84 Å². The molecule has 0 saturated heterocycles. The molecule has 26 heavy (non-hydrogen) atoms. The maximum Gasteiger partial charge on any atom is 0.203 e. The molecule has 0 aliphatic carbocycles. The highest BCUT2D eigenvalue weighted by Crippen LogP contribution is 2.37. The van der Waals surface area contributed by atoms with Crippen LogP contribution in [0.5, 0.6) is 0 Å². The molecule has 2 aromatic heterocycles. The van der Waals surface area contributed by atoms with Crippen LogP contribution in [0.15, 0.2) is 58.7 Å². The number of aromatic nitrogens is 3. The first kappa shape index (κ1) is 15.1. The summed E-state index contributed by atoms with van der Waals surface area (Å²) in [4.78, 5) is 12.4. The lowest BCUT2D eigenvalue weighted by atomic mass is 10.1. The first-order valence-corrected chi connectivity index (χ1v) is 9.57. The molecule has 1 aliphatic rings. The van der Waals surface area contributed by atoms with Gasteiger partial charge < -0.3 is 10.3 Å². The number of anilines is 2. The number of sulfone groups is 1. The molecule has 7 heteroatoms. The Kier molecular flexibility index (Phi) is 2.99. The van der Waals surface area contributed by atoms with Gasteiger partial charge in [-0.3, -0.25) is 4.98 Å². The quantitative estimate of drug-likeness (QED) is 0.563. The Morgan fingerprint density at radius 1 is 1.04 bits per heavy atom. The molecule has 0 radical (unpaired) electrons. The minimum Gasteiger partial charge on any atom is -0.355 e. The summed E-state index contributed by atoms with van der Waals surface area (Å²) in [5, 5.41) is 4.13. The van der Waals surface area contributed by atoms with E-state index in [2.05, 4.69) is 20.3 Å². The van der Waals surface area contributed by atoms with E-state index in [9.17, 15) is 8.42 Å². The van der Waals surface area contributed by atoms with E-state index in [0.29, 0.717) is 15.4 Å². The fourth-order valence-electron chi connectivity index (χ4n) is 3.28. The molecule has 6 nitrogen and oxygen atoms in total. The van der Waals surface area contributed by atoms with Gasteiger partial charge in [0.25, 0.3) is 0 Å². The predicted octanol–water partition coefficient (Wildman–Crippen LogP) is 4.00. The zero-order chi connectivity index (χ0) is 17.9. The number of benzene rings is 2. The molecule has 128 valence electrons. The number of imidazole rings is 1. The minimum absolute atomic E-state index is 0.336. The average molecular weight is 362 g/mol. The Hall–Kier alpha value is -3.19. The molecule has 0 unspecified atom stereocenters. The van der Waals surface area contributed by atoms with Gasteiger partial charge in [-0.2, -0.15) is 0 Å². The van der Waals surface area contributed by atoms with E-state index in [-0.39, 0.29) is 0 Å². The van der Waals surface area contributed by atoms with E-state index in [0.717, 1.165) is 33.3 Å². The van der Waals surface area contributed by atoms with Crippen molar-refractivity contribution in [3.63, 3.8) is 0 Å². The maximum absolute atomic E-state index is 12.5. The SMILES string of the molecule is CC1=Cc2cc3nccc(Nc4ccc5nc[nH]c5c4)c3cc2S1(=O)=O. The molecule has 5 rings (SSSR count). The lowest BCUT2D eigenvalue weighted by Gasteiger charge is -2.11. The summed E-state index contributed by atoms with van der Waals surface area (Å²) in [7, 11) is -3.39. The Morgan fingerprint density at radius 3 is 2.81 bits per heavy atom. The first-order chi connectivity index (χ1) is 12.5. The second kappa shape index (κ2) is 5.15. The van der Waals surface area contributed by atoms with Gasteiger partial charge in [-0.1, -0.05) is 0 Å². The number of H-pyrrole nitrogens is 1. The van der Waals surface area contributed by atoms with E-state index in [1.165, 1.54) is 0 Å². The smallest absolute Gasteiger partial charge is 0.203 e. The molecule has 0 fully saturated rings. The molecule has 1 aliphatic heterocycles. The molecule has 3 heterocycles. The fraction of sp³-hybridized carbons (Fsp3) is 0.0526. The van der Waals surface area contributed by atoms with Crippen molar-refractivity contribution in [2.75, 3.05) is 5.32 Å². The van der Waals surface area contributed by atoms with Crippen LogP contribution in [0.25, 0.3) is 28.0 Å². The Morgan fingerprint density at radius 2 is 1.92 bits per heavy atom. The van der Waals surface area contributed by atoms with Gasteiger partial charge in [0, 0.05) is 27.9 Å². The van der Waals surface area contributed by atoms with Crippen LogP contribution >= 0.6 is 0 Å². The summed E-state index contributed by atoms with van der Waals surface area (Å²) in [5.41, 5.74) is 4.94. The highest BCUT2D eigenvalue weighted by Gasteiger charge is 2.27. The molecular formula is C19H14N4O2S. The van der Waals surface area contributed by atoms with Crippen LogP contribution in [-0.2, 0) is 9.84 Å². The Balaban J connectivity index is 1.66. The first-order valence-electron chi connectivity index (χ1n) is 8.09. The van der Waals surface area contributed by atoms with Crippen molar-refractivity contribution in [3.05, 3.63) is 59.4 Å². The molecule has 0 amide bonds. The average Bonchev–Trinajstić information content (AvgIpc) is 3.16. The molecule has 0 spiro atoms. The van der Waals surface area contributed by atoms with Gasteiger partial charge in [0.1, 0.15) is 0 Å². The summed E-state index contributed by atoms with van der Waals surface area (Å²) in [6, 6.07) is 11.2. The molecule has 0 saturated carbocycles. The van der Waals surface area contributed by atoms with Gasteiger partial charge in [0.2, 0.25) is 9.84 Å². The third-order valence-corrected chi connectivity index (χ3v) is 6.54. The third kappa shape index (κ3) is 2.14. The topological polar surface area (TPSA) is 87.7 Å². The van der Waals surface area contributed by atoms with Gasteiger partial charge in [0.05, 0.1) is 27.8 Å². The van der Waals surface area contributed by atoms with Crippen LogP contribution in [0.1, 0.15) is 12.5 Å². The van der Waals surface area contributed by atoms with Gasteiger partial charge in [-0.15, -0.1) is 0 Å². The number of fused-ring (bicyclic) bond motifs is 3. The number of nitrogens with zero attached hydrogens (tertiary/aromatic N) is 2. The highest BCUT2D eigenvalue weighted by molar-refractivity contribution is 7.95. The van der Waals surface area contributed by atoms with Crippen molar-refractivity contribution < 1.29 is 8.42 Å². The van der Waals surface area contributed by atoms with Crippen molar-refractivity contribution >= 4 is 49.2 Å². The van der Waals surface area contributed by atoms with Crippen LogP contribution in [-0.4, -0.2) is 23.4 Å². The fourth-order valence-corrected chi connectivity index (χ4v) is 4.61. The van der Waals surface area contributed by atoms with Crippen molar-refractivity contribution in [1.29, 1.82) is 0 Å². The summed E-state index contributed by atoms with van der Waals surface area (Å²) in [6.45, 7) is 1.62. The summed E-state index contributed by atoms with van der Waals surface area (Å²) < 4.78 is 25.0. The zero-order valence-corrected chi connectivity index (χ0v) is 14.6. The van der Waals surface area contributed by atoms with Crippen LogP contribution in [0.4, 0.5) is 11.4 Å². The second-order valence-corrected chi connectivity index (χ2v) is 8.37. The van der Waals surface area contributed by atoms with Crippen molar-refractivity contribution in [3.8, 4) is 0 Å². The van der Waals surface area contributed by atoms with E-state index >= 15 is 0 Å². The number of hydrogen-bond acceptors (Lipinski definition) is 5. The molecule has 2 aromatic carbocycles. The number of pyridine rings is 1. The van der Waals surface area contributed by atoms with E-state index in [1.807, 2.05) is 30.3 Å². The van der Waals surface area contributed by atoms with Gasteiger partial charge in [-0.05, 0) is 55.0 Å². The molecular weight excluding hydrogens is 348 g/mol. The van der Waals surface area contributed by atoms with E-state index in [1.54, 1.807) is 31.6 Å². The largest absolute Gasteiger partial charge is 0.355 e. The van der Waals surface area contributed by atoms with Crippen LogP contribution in [0.2, 0.25) is 0 Å². The highest BCUT2D eigenvalue weighted by atomic mass is 32.2. The zero-order valence-electron chi connectivity index (χ0n) is 13.8. The summed E-state index contributed by atoms with van der Waals surface area (Å²) >= 11 is 0. The lowest BCUT2D eigenvalue weighted by molar-refractivity contribution is 0.603. The Labute approximate surface area is 149 Å². The number of allylic oxidation sites excluding steroid dienone is 1. The van der Waals surface area contributed by atoms with Crippen LogP contribution < -0.4 is 5.32 Å². The summed E-state index contributed by atoms with van der Waals surface area (Å²) in [5.74, 6) is 0. The predicted molar refractivity (Wildman–Crippen MR) is 102 cm³/mol. The number of aromatic amines is 1. The standard InChI is InChI=1S/C19H14N4O2S/c1-11-6-12-7-17-14(9-19(12)26(11,24)25)15(4-5-20-17)23-13-2-3-16-18(8-13)22-10-21-16/h2-10H,1H3,(H,20,23)(H,21,22). The van der Waals surface area contributed by atoms with E-state index in [4.69, 9.17) is 0 Å².